The van der Waals surface area contributed by atoms with Gasteiger partial charge >= 0.3 is 18.1 Å². The molecule has 0 aromatic heterocycles. The number of hydrogen-bond donors (Lipinski definition) is 1. The van der Waals surface area contributed by atoms with E-state index < -0.39 is 45.7 Å². The van der Waals surface area contributed by atoms with Gasteiger partial charge in [0.2, 0.25) is 6.10 Å². The lowest BCUT2D eigenvalue weighted by atomic mass is 10.2. The van der Waals surface area contributed by atoms with Gasteiger partial charge in [-0.3, -0.25) is 4.55 Å². The normalized spacial score (nSPS) is 13.0. The highest BCUT2D eigenvalue weighted by Crippen LogP contribution is 2.31. The molecule has 0 saturated heterocycles. The first-order valence-electron chi connectivity index (χ1n) is 6.71. The van der Waals surface area contributed by atoms with Crippen molar-refractivity contribution in [2.24, 2.45) is 0 Å². The number of ether oxygens (including phenoxy) is 2. The number of rotatable bonds is 6. The van der Waals surface area contributed by atoms with Crippen LogP contribution in [0.2, 0.25) is 0 Å². The quantitative estimate of drug-likeness (QED) is 0.168. The van der Waals surface area contributed by atoms with Crippen molar-refractivity contribution in [3.05, 3.63) is 37.0 Å². The fourth-order valence-electron chi connectivity index (χ4n) is 1.59. The molecule has 1 N–H and O–H groups in total. The summed E-state index contributed by atoms with van der Waals surface area (Å²) in [6.07, 6.45) is -8.37. The van der Waals surface area contributed by atoms with Crippen LogP contribution in [0.25, 0.3) is 0 Å². The predicted molar refractivity (Wildman–Crippen MR) is 104 cm³/mol. The standard InChI is InChI=1S/C14H11F3I2O7S/c1-6(2)12(20)25-9-4-7(18)3-8(19)11(9)13(21)26-10(14(15,16)17)5-27(22,23)24/h3-4,10H,1,5H2,2H3,(H,22,23,24). The Morgan fingerprint density at radius 3 is 2.30 bits per heavy atom. The van der Waals surface area contributed by atoms with Crippen molar-refractivity contribution >= 4 is 67.2 Å². The summed E-state index contributed by atoms with van der Waals surface area (Å²) in [5.41, 5.74) is -0.530. The van der Waals surface area contributed by atoms with E-state index in [4.69, 9.17) is 9.29 Å². The van der Waals surface area contributed by atoms with Crippen molar-refractivity contribution in [2.75, 3.05) is 5.75 Å². The van der Waals surface area contributed by atoms with Gasteiger partial charge in [0.15, 0.2) is 0 Å². The summed E-state index contributed by atoms with van der Waals surface area (Å²) in [7, 11) is -5.09. The van der Waals surface area contributed by atoms with E-state index in [0.717, 1.165) is 0 Å². The Hall–Kier alpha value is -0.940. The summed E-state index contributed by atoms with van der Waals surface area (Å²) < 4.78 is 78.9. The molecule has 1 aromatic rings. The number of alkyl halides is 3. The van der Waals surface area contributed by atoms with Crippen molar-refractivity contribution < 1.29 is 45.2 Å². The van der Waals surface area contributed by atoms with Crippen LogP contribution in [0.4, 0.5) is 13.2 Å². The maximum absolute atomic E-state index is 13.0. The average Bonchev–Trinajstić information content (AvgIpc) is 2.42. The van der Waals surface area contributed by atoms with E-state index >= 15 is 0 Å². The van der Waals surface area contributed by atoms with Crippen molar-refractivity contribution in [1.29, 1.82) is 0 Å². The highest BCUT2D eigenvalue weighted by Gasteiger charge is 2.46. The van der Waals surface area contributed by atoms with Crippen molar-refractivity contribution in [1.82, 2.24) is 0 Å². The topological polar surface area (TPSA) is 107 Å². The molecule has 1 rings (SSSR count). The van der Waals surface area contributed by atoms with Gasteiger partial charge in [-0.05, 0) is 64.2 Å². The lowest BCUT2D eigenvalue weighted by Crippen LogP contribution is -2.39. The van der Waals surface area contributed by atoms with Crippen molar-refractivity contribution in [2.45, 2.75) is 19.2 Å². The van der Waals surface area contributed by atoms with Gasteiger partial charge in [-0.2, -0.15) is 21.6 Å². The number of esters is 2. The van der Waals surface area contributed by atoms with E-state index in [1.807, 2.05) is 22.6 Å². The van der Waals surface area contributed by atoms with Gasteiger partial charge in [0.25, 0.3) is 10.1 Å². The van der Waals surface area contributed by atoms with Gasteiger partial charge in [0.1, 0.15) is 17.1 Å². The Kier molecular flexibility index (Phi) is 8.07. The SMILES string of the molecule is C=C(C)C(=O)Oc1cc(I)cc(I)c1C(=O)OC(CS(=O)(=O)O)C(F)(F)F. The number of halogens is 5. The molecule has 0 fully saturated rings. The van der Waals surface area contributed by atoms with Crippen LogP contribution >= 0.6 is 45.2 Å². The fraction of sp³-hybridized carbons (Fsp3) is 0.286. The molecule has 0 aliphatic heterocycles. The molecule has 0 heterocycles. The maximum atomic E-state index is 13.0. The maximum Gasteiger partial charge on any atom is 0.426 e. The van der Waals surface area contributed by atoms with Gasteiger partial charge in [0.05, 0.1) is 0 Å². The molecule has 1 atom stereocenters. The second kappa shape index (κ2) is 9.04. The first-order valence-corrected chi connectivity index (χ1v) is 10.5. The zero-order chi connectivity index (χ0) is 21.2. The van der Waals surface area contributed by atoms with E-state index in [1.165, 1.54) is 19.1 Å². The van der Waals surface area contributed by atoms with Crippen LogP contribution < -0.4 is 4.74 Å². The van der Waals surface area contributed by atoms with Crippen LogP contribution in [-0.2, 0) is 19.6 Å². The van der Waals surface area contributed by atoms with Crippen molar-refractivity contribution in [3.8, 4) is 5.75 Å². The van der Waals surface area contributed by atoms with E-state index in [0.29, 0.717) is 3.57 Å². The van der Waals surface area contributed by atoms with Gasteiger partial charge in [-0.25, -0.2) is 9.59 Å². The van der Waals surface area contributed by atoms with E-state index in [1.54, 1.807) is 22.6 Å². The summed E-state index contributed by atoms with van der Waals surface area (Å²) in [4.78, 5) is 24.0. The second-order valence-corrected chi connectivity index (χ2v) is 9.02. The van der Waals surface area contributed by atoms with Crippen molar-refractivity contribution in [3.63, 3.8) is 0 Å². The molecule has 1 unspecified atom stereocenters. The molecule has 0 amide bonds. The van der Waals surface area contributed by atoms with Gasteiger partial charge in [-0.15, -0.1) is 0 Å². The molecular formula is C14H11F3I2O7S. The Morgan fingerprint density at radius 1 is 1.30 bits per heavy atom. The molecule has 150 valence electrons. The minimum absolute atomic E-state index is 0.0253. The zero-order valence-corrected chi connectivity index (χ0v) is 18.5. The monoisotopic (exact) mass is 634 g/mol. The smallest absolute Gasteiger partial charge is 0.426 e. The second-order valence-electron chi connectivity index (χ2n) is 5.11. The van der Waals surface area contributed by atoms with Gasteiger partial charge < -0.3 is 9.47 Å². The Morgan fingerprint density at radius 2 is 1.85 bits per heavy atom. The third-order valence-corrected chi connectivity index (χ3v) is 4.95. The Bertz CT molecular complexity index is 881. The number of hydrogen-bond acceptors (Lipinski definition) is 6. The molecule has 7 nitrogen and oxygen atoms in total. The zero-order valence-electron chi connectivity index (χ0n) is 13.3. The molecule has 1 aromatic carbocycles. The number of benzene rings is 1. The van der Waals surface area contributed by atoms with Crippen LogP contribution in [0.3, 0.4) is 0 Å². The minimum atomic E-state index is -5.26. The Labute approximate surface area is 179 Å². The first-order chi connectivity index (χ1) is 12.1. The van der Waals surface area contributed by atoms with Crippen LogP contribution in [0.5, 0.6) is 5.75 Å². The van der Waals surface area contributed by atoms with Crippen LogP contribution in [0.15, 0.2) is 24.3 Å². The highest BCUT2D eigenvalue weighted by atomic mass is 127. The van der Waals surface area contributed by atoms with E-state index in [2.05, 4.69) is 11.3 Å². The average molecular weight is 634 g/mol. The van der Waals surface area contributed by atoms with E-state index in [-0.39, 0.29) is 14.9 Å². The first kappa shape index (κ1) is 24.1. The molecule has 0 aliphatic carbocycles. The lowest BCUT2D eigenvalue weighted by molar-refractivity contribution is -0.197. The fourth-order valence-corrected chi connectivity index (χ4v) is 4.24. The molecule has 13 heteroatoms. The van der Waals surface area contributed by atoms with Crippen LogP contribution in [0, 0.1) is 7.14 Å². The summed E-state index contributed by atoms with van der Waals surface area (Å²) in [6.45, 7) is 4.68. The summed E-state index contributed by atoms with van der Waals surface area (Å²) in [5, 5.41) is 0. The summed E-state index contributed by atoms with van der Waals surface area (Å²) in [5.74, 6) is -4.75. The number of carbonyl (C=O) groups is 2. The Balaban J connectivity index is 3.32. The lowest BCUT2D eigenvalue weighted by Gasteiger charge is -2.20. The predicted octanol–water partition coefficient (Wildman–Crippen LogP) is 3.35. The van der Waals surface area contributed by atoms with Crippen LogP contribution in [-0.4, -0.2) is 42.9 Å². The molecule has 0 aliphatic rings. The molecule has 0 bridgehead atoms. The largest absolute Gasteiger partial charge is 0.448 e. The molecule has 0 spiro atoms. The molecule has 27 heavy (non-hydrogen) atoms. The minimum Gasteiger partial charge on any atom is -0.448 e. The molecular weight excluding hydrogens is 623 g/mol. The third kappa shape index (κ3) is 7.53. The number of carbonyl (C=O) groups excluding carboxylic acids is 2. The van der Waals surface area contributed by atoms with Crippen LogP contribution in [0.1, 0.15) is 17.3 Å². The van der Waals surface area contributed by atoms with Gasteiger partial charge in [-0.1, -0.05) is 6.58 Å². The highest BCUT2D eigenvalue weighted by molar-refractivity contribution is 14.1. The van der Waals surface area contributed by atoms with Gasteiger partial charge in [0, 0.05) is 12.7 Å². The summed E-state index contributed by atoms with van der Waals surface area (Å²) in [6, 6.07) is 2.62. The molecule has 0 radical (unpaired) electrons. The summed E-state index contributed by atoms with van der Waals surface area (Å²) >= 11 is 3.45. The van der Waals surface area contributed by atoms with E-state index in [9.17, 15) is 31.2 Å². The third-order valence-electron chi connectivity index (χ3n) is 2.75. The molecule has 0 saturated carbocycles.